The third kappa shape index (κ3) is 3.03. The van der Waals surface area contributed by atoms with Crippen LogP contribution in [0.1, 0.15) is 40.5 Å². The topological polar surface area (TPSA) is 64.8 Å². The van der Waals surface area contributed by atoms with Gasteiger partial charge in [0.2, 0.25) is 0 Å². The average Bonchev–Trinajstić information content (AvgIpc) is 2.57. The molecular weight excluding hydrogens is 244 g/mol. The van der Waals surface area contributed by atoms with Gasteiger partial charge in [-0.3, -0.25) is 0 Å². The molecule has 0 unspecified atom stereocenters. The number of carbonyl (C=O) groups is 1. The highest BCUT2D eigenvalue weighted by molar-refractivity contribution is 5.68. The van der Waals surface area contributed by atoms with Crippen LogP contribution in [0, 0.1) is 5.41 Å². The van der Waals surface area contributed by atoms with E-state index in [1.54, 1.807) is 4.90 Å². The van der Waals surface area contributed by atoms with Crippen molar-refractivity contribution in [1.82, 2.24) is 4.90 Å². The first-order valence-electron chi connectivity index (χ1n) is 7.09. The summed E-state index contributed by atoms with van der Waals surface area (Å²) >= 11 is 0. The first-order valence-corrected chi connectivity index (χ1v) is 7.09. The summed E-state index contributed by atoms with van der Waals surface area (Å²) < 4.78 is 11.1. The maximum Gasteiger partial charge on any atom is 0.410 e. The van der Waals surface area contributed by atoms with Gasteiger partial charge in [-0.05, 0) is 40.5 Å². The Bertz CT molecular complexity index is 343. The van der Waals surface area contributed by atoms with Gasteiger partial charge in [0, 0.05) is 24.5 Å². The molecule has 0 bridgehead atoms. The van der Waals surface area contributed by atoms with Gasteiger partial charge in [-0.15, -0.1) is 0 Å². The molecule has 2 heterocycles. The van der Waals surface area contributed by atoms with E-state index in [0.29, 0.717) is 13.1 Å². The molecule has 1 amide bonds. The standard InChI is InChI=1S/C14H26N2O3/c1-10-11(15)14(9-18-10)5-7-16(8-6-14)12(17)19-13(2,3)4/h10-11H,5-9,15H2,1-4H3/t10-,11+/m0/s1. The van der Waals surface area contributed by atoms with E-state index in [4.69, 9.17) is 15.2 Å². The van der Waals surface area contributed by atoms with E-state index >= 15 is 0 Å². The third-order valence-electron chi connectivity index (χ3n) is 4.26. The number of nitrogens with two attached hydrogens (primary N) is 1. The van der Waals surface area contributed by atoms with E-state index in [1.807, 2.05) is 27.7 Å². The largest absolute Gasteiger partial charge is 0.444 e. The van der Waals surface area contributed by atoms with E-state index in [-0.39, 0.29) is 23.7 Å². The monoisotopic (exact) mass is 270 g/mol. The number of piperidine rings is 1. The Kier molecular flexibility index (Phi) is 3.80. The van der Waals surface area contributed by atoms with Crippen LogP contribution in [0.4, 0.5) is 4.79 Å². The Morgan fingerprint density at radius 3 is 2.37 bits per heavy atom. The van der Waals surface area contributed by atoms with Gasteiger partial charge in [0.05, 0.1) is 12.7 Å². The molecule has 2 fully saturated rings. The lowest BCUT2D eigenvalue weighted by Crippen LogP contribution is -2.52. The van der Waals surface area contributed by atoms with Crippen LogP contribution in [-0.4, -0.2) is 48.4 Å². The number of amides is 1. The highest BCUT2D eigenvalue weighted by Crippen LogP contribution is 2.41. The third-order valence-corrected chi connectivity index (χ3v) is 4.26. The van der Waals surface area contributed by atoms with Crippen LogP contribution in [0.5, 0.6) is 0 Å². The smallest absolute Gasteiger partial charge is 0.410 e. The Morgan fingerprint density at radius 2 is 1.95 bits per heavy atom. The Hall–Kier alpha value is -0.810. The van der Waals surface area contributed by atoms with Gasteiger partial charge in [-0.25, -0.2) is 4.79 Å². The number of ether oxygens (including phenoxy) is 2. The van der Waals surface area contributed by atoms with Crippen molar-refractivity contribution in [2.45, 2.75) is 58.3 Å². The second kappa shape index (κ2) is 4.94. The predicted octanol–water partition coefficient (Wildman–Crippen LogP) is 1.75. The molecule has 2 rings (SSSR count). The van der Waals surface area contributed by atoms with Crippen molar-refractivity contribution < 1.29 is 14.3 Å². The van der Waals surface area contributed by atoms with Gasteiger partial charge >= 0.3 is 6.09 Å². The minimum atomic E-state index is -0.437. The minimum absolute atomic E-state index is 0.0535. The lowest BCUT2D eigenvalue weighted by Gasteiger charge is -2.41. The van der Waals surface area contributed by atoms with E-state index < -0.39 is 5.60 Å². The quantitative estimate of drug-likeness (QED) is 0.728. The van der Waals surface area contributed by atoms with Crippen LogP contribution in [0.3, 0.4) is 0 Å². The highest BCUT2D eigenvalue weighted by atomic mass is 16.6. The van der Waals surface area contributed by atoms with Gasteiger partial charge in [0.25, 0.3) is 0 Å². The summed E-state index contributed by atoms with van der Waals surface area (Å²) in [6.07, 6.45) is 1.70. The average molecular weight is 270 g/mol. The second-order valence-electron chi connectivity index (χ2n) is 6.87. The fourth-order valence-corrected chi connectivity index (χ4v) is 2.93. The van der Waals surface area contributed by atoms with Crippen molar-refractivity contribution in [3.63, 3.8) is 0 Å². The van der Waals surface area contributed by atoms with Crippen molar-refractivity contribution in [3.8, 4) is 0 Å². The zero-order valence-electron chi connectivity index (χ0n) is 12.4. The molecular formula is C14H26N2O3. The van der Waals surface area contributed by atoms with Gasteiger partial charge in [-0.2, -0.15) is 0 Å². The molecule has 5 nitrogen and oxygen atoms in total. The summed E-state index contributed by atoms with van der Waals surface area (Å²) in [6.45, 7) is 9.82. The summed E-state index contributed by atoms with van der Waals surface area (Å²) in [5, 5.41) is 0. The molecule has 5 heteroatoms. The van der Waals surface area contributed by atoms with Gasteiger partial charge in [0.1, 0.15) is 5.60 Å². The lowest BCUT2D eigenvalue weighted by molar-refractivity contribution is 0.00687. The van der Waals surface area contributed by atoms with E-state index in [9.17, 15) is 4.79 Å². The first-order chi connectivity index (χ1) is 8.73. The fraction of sp³-hybridized carbons (Fsp3) is 0.929. The Labute approximate surface area is 115 Å². The van der Waals surface area contributed by atoms with E-state index in [1.165, 1.54) is 0 Å². The molecule has 2 atom stereocenters. The van der Waals surface area contributed by atoms with Crippen molar-refractivity contribution >= 4 is 6.09 Å². The van der Waals surface area contributed by atoms with Crippen LogP contribution >= 0.6 is 0 Å². The molecule has 19 heavy (non-hydrogen) atoms. The number of hydrogen-bond acceptors (Lipinski definition) is 4. The zero-order chi connectivity index (χ0) is 14.3. The highest BCUT2D eigenvalue weighted by Gasteiger charge is 2.48. The maximum atomic E-state index is 12.0. The van der Waals surface area contributed by atoms with Gasteiger partial charge in [-0.1, -0.05) is 0 Å². The maximum absolute atomic E-state index is 12.0. The van der Waals surface area contributed by atoms with Crippen LogP contribution in [-0.2, 0) is 9.47 Å². The number of rotatable bonds is 0. The van der Waals surface area contributed by atoms with Crippen LogP contribution in [0.25, 0.3) is 0 Å². The molecule has 110 valence electrons. The Morgan fingerprint density at radius 1 is 1.37 bits per heavy atom. The molecule has 2 N–H and O–H groups in total. The number of carbonyl (C=O) groups excluding carboxylic acids is 1. The van der Waals surface area contributed by atoms with Crippen molar-refractivity contribution in [3.05, 3.63) is 0 Å². The lowest BCUT2D eigenvalue weighted by atomic mass is 9.73. The molecule has 0 radical (unpaired) electrons. The van der Waals surface area contributed by atoms with Crippen molar-refractivity contribution in [2.24, 2.45) is 11.1 Å². The zero-order valence-corrected chi connectivity index (χ0v) is 12.4. The molecule has 0 aromatic rings. The van der Waals surface area contributed by atoms with Crippen molar-refractivity contribution in [1.29, 1.82) is 0 Å². The van der Waals surface area contributed by atoms with E-state index in [0.717, 1.165) is 19.4 Å². The van der Waals surface area contributed by atoms with Crippen LogP contribution in [0.2, 0.25) is 0 Å². The summed E-state index contributed by atoms with van der Waals surface area (Å²) in [6, 6.07) is 0.0771. The predicted molar refractivity (Wildman–Crippen MR) is 72.9 cm³/mol. The fourth-order valence-electron chi connectivity index (χ4n) is 2.93. The summed E-state index contributed by atoms with van der Waals surface area (Å²) in [5.74, 6) is 0. The van der Waals surface area contributed by atoms with Crippen LogP contribution < -0.4 is 5.73 Å². The molecule has 0 aliphatic carbocycles. The molecule has 2 saturated heterocycles. The number of hydrogen-bond donors (Lipinski definition) is 1. The summed E-state index contributed by atoms with van der Waals surface area (Å²) in [4.78, 5) is 13.8. The van der Waals surface area contributed by atoms with Crippen molar-refractivity contribution in [2.75, 3.05) is 19.7 Å². The molecule has 0 aromatic heterocycles. The van der Waals surface area contributed by atoms with Crippen LogP contribution in [0.15, 0.2) is 0 Å². The van der Waals surface area contributed by atoms with E-state index in [2.05, 4.69) is 0 Å². The first kappa shape index (κ1) is 14.6. The summed E-state index contributed by atoms with van der Waals surface area (Å²) in [7, 11) is 0. The molecule has 2 aliphatic heterocycles. The molecule has 0 saturated carbocycles. The molecule has 1 spiro atoms. The summed E-state index contributed by atoms with van der Waals surface area (Å²) in [5.41, 5.74) is 5.87. The normalized spacial score (nSPS) is 30.7. The van der Waals surface area contributed by atoms with Gasteiger partial charge in [0.15, 0.2) is 0 Å². The Balaban J connectivity index is 1.91. The second-order valence-corrected chi connectivity index (χ2v) is 6.87. The van der Waals surface area contributed by atoms with Gasteiger partial charge < -0.3 is 20.1 Å². The number of likely N-dealkylation sites (tertiary alicyclic amines) is 1. The molecule has 0 aromatic carbocycles. The number of nitrogens with zero attached hydrogens (tertiary/aromatic N) is 1. The molecule has 2 aliphatic rings. The minimum Gasteiger partial charge on any atom is -0.444 e. The SMILES string of the molecule is C[C@@H]1OCC2(CCN(C(=O)OC(C)(C)C)CC2)[C@@H]1N.